The first-order valence-corrected chi connectivity index (χ1v) is 11.8. The molecule has 35 heavy (non-hydrogen) atoms. The number of hydrogen-bond donors (Lipinski definition) is 4. The van der Waals surface area contributed by atoms with Crippen molar-refractivity contribution in [3.63, 3.8) is 0 Å². The smallest absolute Gasteiger partial charge is 0.408 e. The highest BCUT2D eigenvalue weighted by atomic mass is 19.1. The summed E-state index contributed by atoms with van der Waals surface area (Å²) in [5.41, 5.74) is -4.11. The van der Waals surface area contributed by atoms with Gasteiger partial charge < -0.3 is 25.8 Å². The lowest BCUT2D eigenvalue weighted by Crippen LogP contribution is -2.69. The molecule has 2 unspecified atom stereocenters. The number of nitrogens with zero attached hydrogens (tertiary/aromatic N) is 2. The minimum Gasteiger partial charge on any atom is -0.444 e. The number of carbonyl (C=O) groups excluding carboxylic acids is 3. The lowest BCUT2D eigenvalue weighted by Gasteiger charge is -2.47. The Labute approximate surface area is 203 Å². The second kappa shape index (κ2) is 10.1. The largest absolute Gasteiger partial charge is 0.444 e. The monoisotopic (exact) mass is 499 g/mol. The first-order chi connectivity index (χ1) is 16.2. The first kappa shape index (κ1) is 26.8. The molecule has 0 aromatic carbocycles. The van der Waals surface area contributed by atoms with Crippen molar-refractivity contribution < 1.29 is 33.0 Å². The summed E-state index contributed by atoms with van der Waals surface area (Å²) in [4.78, 5) is 38.3. The fourth-order valence-corrected chi connectivity index (χ4v) is 4.62. The Hall–Kier alpha value is -2.76. The second-order valence-electron chi connectivity index (χ2n) is 10.7. The number of aryl methyl sites for hydroxylation is 1. The van der Waals surface area contributed by atoms with Crippen LogP contribution >= 0.6 is 0 Å². The maximum atomic E-state index is 15.3. The molecule has 3 amide bonds. The number of hydrogen-bond acceptors (Lipinski definition) is 6. The van der Waals surface area contributed by atoms with E-state index in [-0.39, 0.29) is 37.9 Å². The molecule has 4 N–H and O–H groups in total. The fourth-order valence-electron chi connectivity index (χ4n) is 4.62. The van der Waals surface area contributed by atoms with E-state index in [1.807, 2.05) is 0 Å². The quantitative estimate of drug-likeness (QED) is 0.434. The molecule has 1 aromatic heterocycles. The van der Waals surface area contributed by atoms with E-state index in [0.717, 1.165) is 0 Å². The minimum atomic E-state index is -1.80. The van der Waals surface area contributed by atoms with E-state index in [9.17, 15) is 23.9 Å². The Morgan fingerprint density at radius 2 is 1.89 bits per heavy atom. The van der Waals surface area contributed by atoms with Crippen LogP contribution in [-0.4, -0.2) is 67.9 Å². The van der Waals surface area contributed by atoms with Crippen LogP contribution in [0.1, 0.15) is 65.7 Å². The third kappa shape index (κ3) is 6.89. The van der Waals surface area contributed by atoms with Gasteiger partial charge in [-0.05, 0) is 33.6 Å². The number of amides is 3. The zero-order chi connectivity index (χ0) is 26.0. The van der Waals surface area contributed by atoms with Gasteiger partial charge in [0.2, 0.25) is 5.91 Å². The van der Waals surface area contributed by atoms with Crippen LogP contribution < -0.4 is 16.0 Å². The van der Waals surface area contributed by atoms with E-state index in [2.05, 4.69) is 21.0 Å². The number of rotatable bonds is 8. The molecule has 12 heteroatoms. The molecule has 196 valence electrons. The average Bonchev–Trinajstić information content (AvgIpc) is 3.31. The number of aliphatic hydroxyl groups excluding tert-OH is 1. The highest BCUT2D eigenvalue weighted by Gasteiger charge is 2.54. The highest BCUT2D eigenvalue weighted by Crippen LogP contribution is 2.40. The Balaban J connectivity index is 1.75. The molecule has 2 atom stereocenters. The summed E-state index contributed by atoms with van der Waals surface area (Å²) < 4.78 is 35.9. The molecule has 0 spiro atoms. The SMILES string of the molecule is Cn1ccc(NC(=O)C(O)C2(NC(=O)C(CC3(F)CCCC3)NC(=O)OC(C)(C)C)CC(F)C2)n1. The highest BCUT2D eigenvalue weighted by molar-refractivity contribution is 5.95. The molecule has 0 radical (unpaired) electrons. The van der Waals surface area contributed by atoms with Crippen molar-refractivity contribution in [1.29, 1.82) is 0 Å². The molecule has 0 bridgehead atoms. The van der Waals surface area contributed by atoms with E-state index in [1.165, 1.54) is 10.7 Å². The van der Waals surface area contributed by atoms with Gasteiger partial charge in [0.15, 0.2) is 11.9 Å². The van der Waals surface area contributed by atoms with Gasteiger partial charge in [-0.3, -0.25) is 14.3 Å². The van der Waals surface area contributed by atoms with Gasteiger partial charge in [-0.1, -0.05) is 12.8 Å². The van der Waals surface area contributed by atoms with E-state index in [1.54, 1.807) is 34.0 Å². The number of anilines is 1. The summed E-state index contributed by atoms with van der Waals surface area (Å²) >= 11 is 0. The molecule has 1 aromatic rings. The van der Waals surface area contributed by atoms with E-state index >= 15 is 4.39 Å². The molecule has 2 saturated carbocycles. The zero-order valence-corrected chi connectivity index (χ0v) is 20.6. The average molecular weight is 500 g/mol. The van der Waals surface area contributed by atoms with Crippen molar-refractivity contribution in [1.82, 2.24) is 20.4 Å². The van der Waals surface area contributed by atoms with Crippen LogP contribution in [0.4, 0.5) is 19.4 Å². The molecule has 2 aliphatic carbocycles. The maximum Gasteiger partial charge on any atom is 0.408 e. The standard InChI is InChI=1S/C23H35F2N5O5/c1-21(2,3)35-20(34)26-15(13-22(25)8-5-6-9-22)18(32)28-23(11-14(24)12-23)17(31)19(33)27-16-7-10-30(4)29-16/h7,10,14-15,17,31H,5-6,8-9,11-13H2,1-4H3,(H,26,34)(H,28,32)(H,27,29,33). The van der Waals surface area contributed by atoms with Crippen LogP contribution in [0.5, 0.6) is 0 Å². The van der Waals surface area contributed by atoms with E-state index < -0.39 is 53.0 Å². The number of aromatic nitrogens is 2. The normalized spacial score (nSPS) is 25.2. The Bertz CT molecular complexity index is 935. The van der Waals surface area contributed by atoms with Crippen LogP contribution in [0.3, 0.4) is 0 Å². The molecule has 0 saturated heterocycles. The topological polar surface area (TPSA) is 135 Å². The van der Waals surface area contributed by atoms with Gasteiger partial charge in [0.25, 0.3) is 5.91 Å². The molecule has 2 fully saturated rings. The van der Waals surface area contributed by atoms with Crippen LogP contribution in [-0.2, 0) is 21.4 Å². The number of halogens is 2. The molecule has 3 rings (SSSR count). The summed E-state index contributed by atoms with van der Waals surface area (Å²) in [5, 5.41) is 22.1. The van der Waals surface area contributed by atoms with Gasteiger partial charge in [0.1, 0.15) is 23.5 Å². The van der Waals surface area contributed by atoms with E-state index in [0.29, 0.717) is 12.8 Å². The van der Waals surface area contributed by atoms with Crippen LogP contribution in [0.2, 0.25) is 0 Å². The Morgan fingerprint density at radius 1 is 1.26 bits per heavy atom. The maximum absolute atomic E-state index is 15.3. The predicted octanol–water partition coefficient (Wildman–Crippen LogP) is 2.27. The van der Waals surface area contributed by atoms with Crippen molar-refractivity contribution in [2.24, 2.45) is 7.05 Å². The lowest BCUT2D eigenvalue weighted by molar-refractivity contribution is -0.141. The molecular formula is C23H35F2N5O5. The number of carbonyl (C=O) groups is 3. The van der Waals surface area contributed by atoms with Crippen molar-refractivity contribution in [3.05, 3.63) is 12.3 Å². The van der Waals surface area contributed by atoms with Gasteiger partial charge in [0, 0.05) is 38.6 Å². The second-order valence-corrected chi connectivity index (χ2v) is 10.7. The number of aliphatic hydroxyl groups is 1. The molecule has 10 nitrogen and oxygen atoms in total. The summed E-state index contributed by atoms with van der Waals surface area (Å²) in [6, 6.07) is 0.173. The zero-order valence-electron chi connectivity index (χ0n) is 20.6. The van der Waals surface area contributed by atoms with Gasteiger partial charge in [-0.25, -0.2) is 13.6 Å². The van der Waals surface area contributed by atoms with Gasteiger partial charge in [-0.2, -0.15) is 5.10 Å². The summed E-state index contributed by atoms with van der Waals surface area (Å²) in [6.45, 7) is 4.95. The molecule has 0 aliphatic heterocycles. The van der Waals surface area contributed by atoms with Crippen LogP contribution in [0, 0.1) is 0 Å². The number of alkyl carbamates (subject to hydrolysis) is 1. The van der Waals surface area contributed by atoms with Crippen molar-refractivity contribution in [2.45, 2.75) is 101 Å². The predicted molar refractivity (Wildman–Crippen MR) is 123 cm³/mol. The summed E-state index contributed by atoms with van der Waals surface area (Å²) in [5.74, 6) is -1.51. The fraction of sp³-hybridized carbons (Fsp3) is 0.739. The van der Waals surface area contributed by atoms with Gasteiger partial charge >= 0.3 is 6.09 Å². The van der Waals surface area contributed by atoms with Crippen LogP contribution in [0.25, 0.3) is 0 Å². The summed E-state index contributed by atoms with van der Waals surface area (Å²) in [6.07, 6.45) is -1.55. The minimum absolute atomic E-state index is 0.180. The van der Waals surface area contributed by atoms with Crippen molar-refractivity contribution in [2.75, 3.05) is 5.32 Å². The molecule has 2 aliphatic rings. The number of nitrogens with one attached hydrogen (secondary N) is 3. The summed E-state index contributed by atoms with van der Waals surface area (Å²) in [7, 11) is 1.65. The third-order valence-electron chi connectivity index (χ3n) is 6.36. The first-order valence-electron chi connectivity index (χ1n) is 11.8. The Morgan fingerprint density at radius 3 is 2.40 bits per heavy atom. The van der Waals surface area contributed by atoms with Crippen molar-refractivity contribution >= 4 is 23.7 Å². The van der Waals surface area contributed by atoms with Gasteiger partial charge in [-0.15, -0.1) is 0 Å². The molecular weight excluding hydrogens is 464 g/mol. The third-order valence-corrected chi connectivity index (χ3v) is 6.36. The molecule has 1 heterocycles. The van der Waals surface area contributed by atoms with Gasteiger partial charge in [0.05, 0.1) is 5.54 Å². The van der Waals surface area contributed by atoms with E-state index in [4.69, 9.17) is 4.74 Å². The Kier molecular flexibility index (Phi) is 7.73. The number of ether oxygens (including phenoxy) is 1. The number of alkyl halides is 2. The van der Waals surface area contributed by atoms with Crippen LogP contribution in [0.15, 0.2) is 12.3 Å². The van der Waals surface area contributed by atoms with Crippen molar-refractivity contribution in [3.8, 4) is 0 Å². The lowest BCUT2D eigenvalue weighted by atomic mass is 9.70.